The van der Waals surface area contributed by atoms with Crippen LogP contribution in [0.4, 0.5) is 0 Å². The summed E-state index contributed by atoms with van der Waals surface area (Å²) in [7, 11) is 0. The van der Waals surface area contributed by atoms with Crippen LogP contribution >= 0.6 is 0 Å². The molecule has 1 heterocycles. The number of carbonyl (C=O) groups excluding carboxylic acids is 2. The molecule has 26 heavy (non-hydrogen) atoms. The molecule has 7 nitrogen and oxygen atoms in total. The number of nitrogens with zero attached hydrogens (tertiary/aromatic N) is 2. The van der Waals surface area contributed by atoms with Crippen LogP contribution in [0.1, 0.15) is 45.5 Å². The summed E-state index contributed by atoms with van der Waals surface area (Å²) in [5.41, 5.74) is 1.69. The Labute approximate surface area is 154 Å². The zero-order valence-electron chi connectivity index (χ0n) is 15.7. The van der Waals surface area contributed by atoms with Crippen molar-refractivity contribution in [2.24, 2.45) is 0 Å². The Morgan fingerprint density at radius 2 is 2.00 bits per heavy atom. The van der Waals surface area contributed by atoms with E-state index in [2.05, 4.69) is 15.6 Å². The van der Waals surface area contributed by atoms with E-state index >= 15 is 0 Å². The molecule has 0 spiro atoms. The van der Waals surface area contributed by atoms with Crippen LogP contribution in [-0.4, -0.2) is 41.1 Å². The minimum absolute atomic E-state index is 0.0449. The quantitative estimate of drug-likeness (QED) is 0.636. The SMILES string of the molecule is CCOCCCNC(=O)Cn1c(C(C)NC(=O)CC)nc2ccccc21. The summed E-state index contributed by atoms with van der Waals surface area (Å²) in [5, 5.41) is 5.82. The number of hydrogen-bond acceptors (Lipinski definition) is 4. The fourth-order valence-electron chi connectivity index (χ4n) is 2.74. The van der Waals surface area contributed by atoms with Gasteiger partial charge in [-0.2, -0.15) is 0 Å². The molecule has 1 aromatic carbocycles. The first-order valence-corrected chi connectivity index (χ1v) is 9.15. The van der Waals surface area contributed by atoms with Crippen molar-refractivity contribution >= 4 is 22.8 Å². The number of fused-ring (bicyclic) bond motifs is 1. The molecule has 1 unspecified atom stereocenters. The maximum absolute atomic E-state index is 12.4. The lowest BCUT2D eigenvalue weighted by Crippen LogP contribution is -2.32. The van der Waals surface area contributed by atoms with Gasteiger partial charge in [-0.05, 0) is 32.4 Å². The highest BCUT2D eigenvalue weighted by atomic mass is 16.5. The van der Waals surface area contributed by atoms with Crippen molar-refractivity contribution in [1.82, 2.24) is 20.2 Å². The number of carbonyl (C=O) groups is 2. The fourth-order valence-corrected chi connectivity index (χ4v) is 2.74. The van der Waals surface area contributed by atoms with Crippen molar-refractivity contribution in [3.63, 3.8) is 0 Å². The van der Waals surface area contributed by atoms with E-state index < -0.39 is 0 Å². The lowest BCUT2D eigenvalue weighted by Gasteiger charge is -2.16. The molecule has 0 saturated heterocycles. The van der Waals surface area contributed by atoms with Crippen LogP contribution < -0.4 is 10.6 Å². The molecule has 0 radical (unpaired) electrons. The van der Waals surface area contributed by atoms with Gasteiger partial charge >= 0.3 is 0 Å². The van der Waals surface area contributed by atoms with Gasteiger partial charge in [0.15, 0.2) is 0 Å². The standard InChI is InChI=1S/C19H28N4O3/c1-4-17(24)21-14(3)19-22-15-9-6-7-10-16(15)23(19)13-18(25)20-11-8-12-26-5-2/h6-7,9-10,14H,4-5,8,11-13H2,1-3H3,(H,20,25)(H,21,24). The van der Waals surface area contributed by atoms with Crippen molar-refractivity contribution < 1.29 is 14.3 Å². The average Bonchev–Trinajstić information content (AvgIpc) is 3.00. The Hall–Kier alpha value is -2.41. The Kier molecular flexibility index (Phi) is 7.59. The minimum Gasteiger partial charge on any atom is -0.382 e. The number of nitrogens with one attached hydrogen (secondary N) is 2. The van der Waals surface area contributed by atoms with Crippen LogP contribution in [-0.2, 0) is 20.9 Å². The fraction of sp³-hybridized carbons (Fsp3) is 0.526. The number of hydrogen-bond donors (Lipinski definition) is 2. The predicted octanol–water partition coefficient (Wildman–Crippen LogP) is 2.17. The number of rotatable bonds is 10. The number of aromatic nitrogens is 2. The highest BCUT2D eigenvalue weighted by Gasteiger charge is 2.19. The summed E-state index contributed by atoms with van der Waals surface area (Å²) in [6, 6.07) is 7.39. The smallest absolute Gasteiger partial charge is 0.240 e. The maximum Gasteiger partial charge on any atom is 0.240 e. The van der Waals surface area contributed by atoms with Crippen LogP contribution in [0.5, 0.6) is 0 Å². The van der Waals surface area contributed by atoms with Gasteiger partial charge in [0.1, 0.15) is 12.4 Å². The van der Waals surface area contributed by atoms with E-state index in [0.717, 1.165) is 17.5 Å². The number of imidazole rings is 1. The van der Waals surface area contributed by atoms with Crippen LogP contribution in [0.25, 0.3) is 11.0 Å². The molecule has 0 aliphatic heterocycles. The van der Waals surface area contributed by atoms with Gasteiger partial charge in [0.25, 0.3) is 0 Å². The lowest BCUT2D eigenvalue weighted by molar-refractivity contribution is -0.122. The molecule has 1 aromatic heterocycles. The van der Waals surface area contributed by atoms with E-state index in [9.17, 15) is 9.59 Å². The van der Waals surface area contributed by atoms with E-state index in [4.69, 9.17) is 4.74 Å². The van der Waals surface area contributed by atoms with Gasteiger partial charge in [0, 0.05) is 26.2 Å². The molecule has 7 heteroatoms. The van der Waals surface area contributed by atoms with Crippen molar-refractivity contribution in [2.45, 2.75) is 46.2 Å². The van der Waals surface area contributed by atoms with E-state index in [0.29, 0.717) is 32.0 Å². The second-order valence-electron chi connectivity index (χ2n) is 6.09. The van der Waals surface area contributed by atoms with Crippen molar-refractivity contribution in [2.75, 3.05) is 19.8 Å². The third kappa shape index (κ3) is 5.29. The van der Waals surface area contributed by atoms with Crippen LogP contribution in [0.3, 0.4) is 0 Å². The molecule has 0 fully saturated rings. The van der Waals surface area contributed by atoms with Gasteiger partial charge in [-0.3, -0.25) is 9.59 Å². The zero-order chi connectivity index (χ0) is 18.9. The van der Waals surface area contributed by atoms with Gasteiger partial charge in [0.2, 0.25) is 11.8 Å². The largest absolute Gasteiger partial charge is 0.382 e. The Balaban J connectivity index is 2.12. The molecule has 0 aliphatic carbocycles. The van der Waals surface area contributed by atoms with Crippen molar-refractivity contribution in [1.29, 1.82) is 0 Å². The Morgan fingerprint density at radius 1 is 1.23 bits per heavy atom. The molecule has 0 aliphatic rings. The van der Waals surface area contributed by atoms with Gasteiger partial charge in [-0.25, -0.2) is 4.98 Å². The Bertz CT molecular complexity index is 741. The van der Waals surface area contributed by atoms with Gasteiger partial charge in [0.05, 0.1) is 17.1 Å². The van der Waals surface area contributed by atoms with Crippen LogP contribution in [0.15, 0.2) is 24.3 Å². The van der Waals surface area contributed by atoms with E-state index in [1.165, 1.54) is 0 Å². The summed E-state index contributed by atoms with van der Waals surface area (Å²) in [4.78, 5) is 28.7. The normalized spacial score (nSPS) is 12.1. The molecule has 2 rings (SSSR count). The third-order valence-electron chi connectivity index (χ3n) is 4.06. The summed E-state index contributed by atoms with van der Waals surface area (Å²) in [6.45, 7) is 7.68. The Morgan fingerprint density at radius 3 is 2.73 bits per heavy atom. The molecule has 0 bridgehead atoms. The van der Waals surface area contributed by atoms with Gasteiger partial charge in [-0.1, -0.05) is 19.1 Å². The van der Waals surface area contributed by atoms with Crippen molar-refractivity contribution in [3.8, 4) is 0 Å². The first-order valence-electron chi connectivity index (χ1n) is 9.15. The molecule has 2 aromatic rings. The van der Waals surface area contributed by atoms with E-state index in [-0.39, 0.29) is 24.4 Å². The highest BCUT2D eigenvalue weighted by molar-refractivity contribution is 5.81. The predicted molar refractivity (Wildman–Crippen MR) is 101 cm³/mol. The minimum atomic E-state index is -0.277. The summed E-state index contributed by atoms with van der Waals surface area (Å²) >= 11 is 0. The monoisotopic (exact) mass is 360 g/mol. The zero-order valence-corrected chi connectivity index (χ0v) is 15.7. The van der Waals surface area contributed by atoms with Gasteiger partial charge < -0.3 is 19.9 Å². The molecular formula is C19H28N4O3. The number of benzene rings is 1. The summed E-state index contributed by atoms with van der Waals surface area (Å²) < 4.78 is 7.14. The summed E-state index contributed by atoms with van der Waals surface area (Å²) in [6.07, 6.45) is 1.19. The van der Waals surface area contributed by atoms with Crippen LogP contribution in [0.2, 0.25) is 0 Å². The number of amides is 2. The first-order chi connectivity index (χ1) is 12.6. The lowest BCUT2D eigenvalue weighted by atomic mass is 10.3. The number of para-hydroxylation sites is 2. The number of ether oxygens (including phenoxy) is 1. The molecule has 2 amide bonds. The second kappa shape index (κ2) is 9.91. The molecule has 0 saturated carbocycles. The first kappa shape index (κ1) is 19.9. The van der Waals surface area contributed by atoms with Gasteiger partial charge in [-0.15, -0.1) is 0 Å². The average molecular weight is 360 g/mol. The second-order valence-corrected chi connectivity index (χ2v) is 6.09. The van der Waals surface area contributed by atoms with Crippen molar-refractivity contribution in [3.05, 3.63) is 30.1 Å². The van der Waals surface area contributed by atoms with E-state index in [1.54, 1.807) is 6.92 Å². The molecular weight excluding hydrogens is 332 g/mol. The highest BCUT2D eigenvalue weighted by Crippen LogP contribution is 2.20. The third-order valence-corrected chi connectivity index (χ3v) is 4.06. The van der Waals surface area contributed by atoms with Crippen LogP contribution in [0, 0.1) is 0 Å². The molecule has 2 N–H and O–H groups in total. The topological polar surface area (TPSA) is 85.2 Å². The molecule has 1 atom stereocenters. The maximum atomic E-state index is 12.4. The summed E-state index contributed by atoms with van der Waals surface area (Å²) in [5.74, 6) is 0.550. The molecule has 142 valence electrons. The van der Waals surface area contributed by atoms with E-state index in [1.807, 2.05) is 42.7 Å².